The molecule has 6 heteroatoms. The fraction of sp³-hybridized carbons (Fsp3) is 0.357. The highest BCUT2D eigenvalue weighted by Gasteiger charge is 2.29. The lowest BCUT2D eigenvalue weighted by atomic mass is 10.0. The van der Waals surface area contributed by atoms with E-state index in [4.69, 9.17) is 0 Å². The quantitative estimate of drug-likeness (QED) is 0.886. The summed E-state index contributed by atoms with van der Waals surface area (Å²) in [6.07, 6.45) is 0.495. The number of nitrogens with zero attached hydrogens (tertiary/aromatic N) is 1. The minimum absolute atomic E-state index is 0.123. The van der Waals surface area contributed by atoms with Crippen molar-refractivity contribution in [3.05, 3.63) is 53.6 Å². The number of aromatic nitrogens is 2. The van der Waals surface area contributed by atoms with Crippen LogP contribution in [0.1, 0.15) is 17.0 Å². The molecule has 0 amide bonds. The van der Waals surface area contributed by atoms with Crippen molar-refractivity contribution in [2.24, 2.45) is 0 Å². The third kappa shape index (κ3) is 3.84. The Bertz CT molecular complexity index is 518. The Labute approximate surface area is 115 Å². The van der Waals surface area contributed by atoms with Crippen LogP contribution >= 0.6 is 0 Å². The molecule has 0 aliphatic heterocycles. The molecule has 0 bridgehead atoms. The topological polar surface area (TPSA) is 40.7 Å². The highest BCUT2D eigenvalue weighted by molar-refractivity contribution is 5.25. The number of likely N-dealkylation sites (N-methyl/N-ethyl adjacent to an activating group) is 1. The molecule has 0 aliphatic rings. The van der Waals surface area contributed by atoms with Gasteiger partial charge in [-0.3, -0.25) is 0 Å². The van der Waals surface area contributed by atoms with Crippen molar-refractivity contribution < 1.29 is 13.2 Å². The largest absolute Gasteiger partial charge is 0.416 e. The summed E-state index contributed by atoms with van der Waals surface area (Å²) in [6, 6.07) is 5.41. The summed E-state index contributed by atoms with van der Waals surface area (Å²) in [4.78, 5) is 7.16. The fourth-order valence-electron chi connectivity index (χ4n) is 2.03. The SMILES string of the molecule is CNC(Cc1ccc(C(F)(F)F)cc1)Cc1ncc[nH]1. The average Bonchev–Trinajstić information content (AvgIpc) is 2.90. The van der Waals surface area contributed by atoms with Gasteiger partial charge in [0.05, 0.1) is 5.56 Å². The monoisotopic (exact) mass is 283 g/mol. The molecule has 0 radical (unpaired) electrons. The van der Waals surface area contributed by atoms with Gasteiger partial charge in [0.15, 0.2) is 0 Å². The lowest BCUT2D eigenvalue weighted by molar-refractivity contribution is -0.137. The second-order valence-corrected chi connectivity index (χ2v) is 4.62. The number of aromatic amines is 1. The smallest absolute Gasteiger partial charge is 0.349 e. The zero-order valence-corrected chi connectivity index (χ0v) is 11.0. The molecule has 2 rings (SSSR count). The molecule has 1 aromatic heterocycles. The Morgan fingerprint density at radius 1 is 1.20 bits per heavy atom. The van der Waals surface area contributed by atoms with E-state index in [1.807, 2.05) is 7.05 Å². The molecule has 0 saturated heterocycles. The lowest BCUT2D eigenvalue weighted by Crippen LogP contribution is -2.30. The summed E-state index contributed by atoms with van der Waals surface area (Å²) in [6.45, 7) is 0. The van der Waals surface area contributed by atoms with E-state index in [9.17, 15) is 13.2 Å². The molecular weight excluding hydrogens is 267 g/mol. The van der Waals surface area contributed by atoms with Crippen molar-refractivity contribution >= 4 is 0 Å². The van der Waals surface area contributed by atoms with Crippen molar-refractivity contribution in [1.82, 2.24) is 15.3 Å². The summed E-state index contributed by atoms with van der Waals surface area (Å²) >= 11 is 0. The van der Waals surface area contributed by atoms with Gasteiger partial charge in [-0.1, -0.05) is 12.1 Å². The molecule has 0 saturated carbocycles. The average molecular weight is 283 g/mol. The number of hydrogen-bond donors (Lipinski definition) is 2. The number of nitrogens with one attached hydrogen (secondary N) is 2. The van der Waals surface area contributed by atoms with Crippen LogP contribution in [0.2, 0.25) is 0 Å². The van der Waals surface area contributed by atoms with E-state index < -0.39 is 11.7 Å². The van der Waals surface area contributed by atoms with Gasteiger partial charge < -0.3 is 10.3 Å². The molecule has 3 nitrogen and oxygen atoms in total. The molecule has 1 atom stereocenters. The second kappa shape index (κ2) is 6.09. The summed E-state index contributed by atoms with van der Waals surface area (Å²) in [5, 5.41) is 3.15. The Morgan fingerprint density at radius 2 is 1.90 bits per heavy atom. The van der Waals surface area contributed by atoms with Crippen LogP contribution in [0.5, 0.6) is 0 Å². The van der Waals surface area contributed by atoms with E-state index in [-0.39, 0.29) is 6.04 Å². The Morgan fingerprint density at radius 3 is 2.40 bits per heavy atom. The van der Waals surface area contributed by atoms with Gasteiger partial charge in [0, 0.05) is 24.9 Å². The zero-order chi connectivity index (χ0) is 14.6. The summed E-state index contributed by atoms with van der Waals surface area (Å²) in [5.41, 5.74) is 0.247. The number of imidazole rings is 1. The molecule has 0 fully saturated rings. The van der Waals surface area contributed by atoms with Crippen LogP contribution in [0.25, 0.3) is 0 Å². The fourth-order valence-corrected chi connectivity index (χ4v) is 2.03. The van der Waals surface area contributed by atoms with Crippen molar-refractivity contribution in [3.63, 3.8) is 0 Å². The van der Waals surface area contributed by atoms with Gasteiger partial charge >= 0.3 is 6.18 Å². The van der Waals surface area contributed by atoms with Gasteiger partial charge in [0.25, 0.3) is 0 Å². The number of alkyl halides is 3. The second-order valence-electron chi connectivity index (χ2n) is 4.62. The van der Waals surface area contributed by atoms with Crippen molar-refractivity contribution in [2.45, 2.75) is 25.1 Å². The highest BCUT2D eigenvalue weighted by atomic mass is 19.4. The third-order valence-electron chi connectivity index (χ3n) is 3.17. The molecule has 108 valence electrons. The van der Waals surface area contributed by atoms with Crippen molar-refractivity contribution in [1.29, 1.82) is 0 Å². The summed E-state index contributed by atoms with van der Waals surface area (Å²) < 4.78 is 37.4. The molecule has 20 heavy (non-hydrogen) atoms. The zero-order valence-electron chi connectivity index (χ0n) is 11.0. The first kappa shape index (κ1) is 14.6. The normalized spacial score (nSPS) is 13.4. The van der Waals surface area contributed by atoms with E-state index in [2.05, 4.69) is 15.3 Å². The Balaban J connectivity index is 2.01. The molecule has 1 heterocycles. The van der Waals surface area contributed by atoms with Crippen LogP contribution < -0.4 is 5.32 Å². The number of H-pyrrole nitrogens is 1. The van der Waals surface area contributed by atoms with E-state index in [1.165, 1.54) is 12.1 Å². The van der Waals surface area contributed by atoms with Crippen LogP contribution in [-0.2, 0) is 19.0 Å². The van der Waals surface area contributed by atoms with Crippen LogP contribution in [0.15, 0.2) is 36.7 Å². The first-order valence-corrected chi connectivity index (χ1v) is 6.30. The maximum Gasteiger partial charge on any atom is 0.416 e. The van der Waals surface area contributed by atoms with Crippen molar-refractivity contribution in [2.75, 3.05) is 7.05 Å². The van der Waals surface area contributed by atoms with Crippen molar-refractivity contribution in [3.8, 4) is 0 Å². The van der Waals surface area contributed by atoms with Crippen LogP contribution in [-0.4, -0.2) is 23.1 Å². The molecule has 1 unspecified atom stereocenters. The van der Waals surface area contributed by atoms with Crippen LogP contribution in [0.4, 0.5) is 13.2 Å². The summed E-state index contributed by atoms with van der Waals surface area (Å²) in [5.74, 6) is 0.858. The van der Waals surface area contributed by atoms with Gasteiger partial charge in [0.1, 0.15) is 5.82 Å². The van der Waals surface area contributed by atoms with E-state index in [1.54, 1.807) is 12.4 Å². The molecule has 2 N–H and O–H groups in total. The molecule has 2 aromatic rings. The first-order valence-electron chi connectivity index (χ1n) is 6.30. The maximum atomic E-state index is 12.5. The lowest BCUT2D eigenvalue weighted by Gasteiger charge is -2.15. The maximum absolute atomic E-state index is 12.5. The number of hydrogen-bond acceptors (Lipinski definition) is 2. The van der Waals surface area contributed by atoms with Crippen LogP contribution in [0, 0.1) is 0 Å². The van der Waals surface area contributed by atoms with E-state index in [0.717, 1.165) is 23.5 Å². The summed E-state index contributed by atoms with van der Waals surface area (Å²) in [7, 11) is 1.83. The third-order valence-corrected chi connectivity index (χ3v) is 3.17. The highest BCUT2D eigenvalue weighted by Crippen LogP contribution is 2.29. The van der Waals surface area contributed by atoms with E-state index >= 15 is 0 Å². The van der Waals surface area contributed by atoms with Gasteiger partial charge in [-0.2, -0.15) is 13.2 Å². The molecule has 0 aliphatic carbocycles. The Hall–Kier alpha value is -1.82. The first-order chi connectivity index (χ1) is 9.49. The standard InChI is InChI=1S/C14H16F3N3/c1-18-12(9-13-19-6-7-20-13)8-10-2-4-11(5-3-10)14(15,16)17/h2-7,12,18H,8-9H2,1H3,(H,19,20). The van der Waals surface area contributed by atoms with Gasteiger partial charge in [0.2, 0.25) is 0 Å². The Kier molecular flexibility index (Phi) is 4.44. The number of rotatable bonds is 5. The number of benzene rings is 1. The minimum atomic E-state index is -4.28. The predicted octanol–water partition coefficient (Wildman–Crippen LogP) is 2.80. The predicted molar refractivity (Wildman–Crippen MR) is 70.3 cm³/mol. The number of halogens is 3. The molecular formula is C14H16F3N3. The van der Waals surface area contributed by atoms with Gasteiger partial charge in [-0.15, -0.1) is 0 Å². The van der Waals surface area contributed by atoms with Gasteiger partial charge in [-0.25, -0.2) is 4.98 Å². The van der Waals surface area contributed by atoms with Crippen LogP contribution in [0.3, 0.4) is 0 Å². The van der Waals surface area contributed by atoms with E-state index in [0.29, 0.717) is 12.8 Å². The molecule has 0 spiro atoms. The van der Waals surface area contributed by atoms with Gasteiger partial charge in [-0.05, 0) is 31.2 Å². The minimum Gasteiger partial charge on any atom is -0.349 e. The molecule has 1 aromatic carbocycles.